The number of piperidine rings is 1. The van der Waals surface area contributed by atoms with E-state index in [0.29, 0.717) is 23.4 Å². The van der Waals surface area contributed by atoms with Crippen LogP contribution in [0.1, 0.15) is 31.1 Å². The van der Waals surface area contributed by atoms with Crippen LogP contribution in [0.25, 0.3) is 11.3 Å². The second-order valence-electron chi connectivity index (χ2n) is 6.97. The molecule has 2 aromatic rings. The minimum absolute atomic E-state index is 0.0612. The SMILES string of the molecule is COc1ccc(-c2nc(NC(=O)CC(C)C3CCNCC3)sc2C)cc1. The monoisotopic (exact) mass is 373 g/mol. The van der Waals surface area contributed by atoms with Crippen molar-refractivity contribution in [1.82, 2.24) is 10.3 Å². The van der Waals surface area contributed by atoms with Crippen molar-refractivity contribution in [3.8, 4) is 17.0 Å². The zero-order valence-electron chi connectivity index (χ0n) is 15.7. The van der Waals surface area contributed by atoms with E-state index in [0.717, 1.165) is 47.8 Å². The third-order valence-electron chi connectivity index (χ3n) is 5.10. The largest absolute Gasteiger partial charge is 0.497 e. The maximum atomic E-state index is 12.4. The Balaban J connectivity index is 1.61. The predicted molar refractivity (Wildman–Crippen MR) is 107 cm³/mol. The first-order chi connectivity index (χ1) is 12.6. The van der Waals surface area contributed by atoms with Crippen LogP contribution < -0.4 is 15.4 Å². The fourth-order valence-electron chi connectivity index (χ4n) is 3.51. The molecule has 0 spiro atoms. The molecule has 1 fully saturated rings. The van der Waals surface area contributed by atoms with Gasteiger partial charge in [-0.15, -0.1) is 11.3 Å². The molecule has 0 bridgehead atoms. The third kappa shape index (κ3) is 4.62. The van der Waals surface area contributed by atoms with Crippen molar-refractivity contribution in [2.75, 3.05) is 25.5 Å². The van der Waals surface area contributed by atoms with Gasteiger partial charge in [-0.3, -0.25) is 4.79 Å². The zero-order valence-corrected chi connectivity index (χ0v) is 16.5. The standard InChI is InChI=1S/C20H27N3O2S/c1-13(15-8-10-21-11-9-15)12-18(24)22-20-23-19(14(2)26-20)16-4-6-17(25-3)7-5-16/h4-7,13,15,21H,8-12H2,1-3H3,(H,22,23,24). The topological polar surface area (TPSA) is 63.2 Å². The number of nitrogens with one attached hydrogen (secondary N) is 2. The van der Waals surface area contributed by atoms with Crippen molar-refractivity contribution in [1.29, 1.82) is 0 Å². The van der Waals surface area contributed by atoms with E-state index in [1.54, 1.807) is 7.11 Å². The Hall–Kier alpha value is -1.92. The first-order valence-corrected chi connectivity index (χ1v) is 10.0. The van der Waals surface area contributed by atoms with Gasteiger partial charge in [-0.05, 0) is 69.0 Å². The lowest BCUT2D eigenvalue weighted by atomic mass is 9.84. The highest BCUT2D eigenvalue weighted by molar-refractivity contribution is 7.16. The average Bonchev–Trinajstić information content (AvgIpc) is 3.02. The molecule has 6 heteroatoms. The summed E-state index contributed by atoms with van der Waals surface area (Å²) in [5, 5.41) is 7.05. The highest BCUT2D eigenvalue weighted by atomic mass is 32.1. The van der Waals surface area contributed by atoms with E-state index < -0.39 is 0 Å². The molecular weight excluding hydrogens is 346 g/mol. The second-order valence-corrected chi connectivity index (χ2v) is 8.17. The van der Waals surface area contributed by atoms with Crippen LogP contribution in [-0.2, 0) is 4.79 Å². The van der Waals surface area contributed by atoms with Gasteiger partial charge < -0.3 is 15.4 Å². The molecule has 1 saturated heterocycles. The highest BCUT2D eigenvalue weighted by Gasteiger charge is 2.22. The Kier molecular flexibility index (Phi) is 6.27. The Morgan fingerprint density at radius 3 is 2.69 bits per heavy atom. The molecule has 1 aliphatic rings. The number of thiazole rings is 1. The molecule has 2 N–H and O–H groups in total. The van der Waals surface area contributed by atoms with Crippen LogP contribution in [0.2, 0.25) is 0 Å². The summed E-state index contributed by atoms with van der Waals surface area (Å²) in [7, 11) is 1.65. The number of carbonyl (C=O) groups is 1. The molecule has 0 radical (unpaired) electrons. The normalized spacial score (nSPS) is 16.3. The number of aromatic nitrogens is 1. The molecule has 140 valence electrons. The van der Waals surface area contributed by atoms with Crippen molar-refractivity contribution < 1.29 is 9.53 Å². The number of aryl methyl sites for hydroxylation is 1. The number of rotatable bonds is 6. The van der Waals surface area contributed by atoms with E-state index in [4.69, 9.17) is 4.74 Å². The van der Waals surface area contributed by atoms with Gasteiger partial charge in [-0.2, -0.15) is 0 Å². The van der Waals surface area contributed by atoms with Gasteiger partial charge in [-0.1, -0.05) is 6.92 Å². The number of amides is 1. The number of hydrogen-bond donors (Lipinski definition) is 2. The predicted octanol–water partition coefficient (Wildman–Crippen LogP) is 4.09. The van der Waals surface area contributed by atoms with Gasteiger partial charge >= 0.3 is 0 Å². The Labute approximate surface area is 159 Å². The zero-order chi connectivity index (χ0) is 18.5. The Morgan fingerprint density at radius 1 is 1.35 bits per heavy atom. The van der Waals surface area contributed by atoms with E-state index in [1.807, 2.05) is 31.2 Å². The number of carbonyl (C=O) groups excluding carboxylic acids is 1. The van der Waals surface area contributed by atoms with Crippen LogP contribution in [0, 0.1) is 18.8 Å². The smallest absolute Gasteiger partial charge is 0.226 e. The fraction of sp³-hybridized carbons (Fsp3) is 0.500. The van der Waals surface area contributed by atoms with Gasteiger partial charge in [0.1, 0.15) is 5.75 Å². The maximum absolute atomic E-state index is 12.4. The number of benzene rings is 1. The van der Waals surface area contributed by atoms with Gasteiger partial charge in [0.15, 0.2) is 5.13 Å². The lowest BCUT2D eigenvalue weighted by Gasteiger charge is -2.27. The fourth-order valence-corrected chi connectivity index (χ4v) is 4.36. The summed E-state index contributed by atoms with van der Waals surface area (Å²) in [5.41, 5.74) is 1.95. The molecule has 2 heterocycles. The van der Waals surface area contributed by atoms with Gasteiger partial charge in [0.2, 0.25) is 5.91 Å². The summed E-state index contributed by atoms with van der Waals surface area (Å²) in [4.78, 5) is 18.2. The molecule has 1 amide bonds. The van der Waals surface area contributed by atoms with Crippen molar-refractivity contribution in [2.45, 2.75) is 33.1 Å². The van der Waals surface area contributed by atoms with Crippen LogP contribution in [0.15, 0.2) is 24.3 Å². The Bertz CT molecular complexity index is 736. The van der Waals surface area contributed by atoms with Gasteiger partial charge in [0, 0.05) is 16.9 Å². The summed E-state index contributed by atoms with van der Waals surface area (Å²) >= 11 is 1.53. The van der Waals surface area contributed by atoms with Gasteiger partial charge in [-0.25, -0.2) is 4.98 Å². The average molecular weight is 374 g/mol. The molecule has 0 aliphatic carbocycles. The van der Waals surface area contributed by atoms with Crippen LogP contribution in [0.3, 0.4) is 0 Å². The van der Waals surface area contributed by atoms with Crippen molar-refractivity contribution in [2.24, 2.45) is 11.8 Å². The summed E-state index contributed by atoms with van der Waals surface area (Å²) in [6, 6.07) is 7.83. The van der Waals surface area contributed by atoms with E-state index >= 15 is 0 Å². The summed E-state index contributed by atoms with van der Waals surface area (Å²) in [6.45, 7) is 6.34. The number of ether oxygens (including phenoxy) is 1. The molecule has 1 aromatic heterocycles. The van der Waals surface area contributed by atoms with Crippen LogP contribution in [0.4, 0.5) is 5.13 Å². The second kappa shape index (κ2) is 8.64. The first-order valence-electron chi connectivity index (χ1n) is 9.19. The minimum Gasteiger partial charge on any atom is -0.497 e. The minimum atomic E-state index is 0.0612. The number of anilines is 1. The molecule has 1 atom stereocenters. The van der Waals surface area contributed by atoms with Gasteiger partial charge in [0.25, 0.3) is 0 Å². The molecule has 3 rings (SSSR count). The van der Waals surface area contributed by atoms with E-state index in [1.165, 1.54) is 11.3 Å². The molecular formula is C20H27N3O2S. The molecule has 5 nitrogen and oxygen atoms in total. The van der Waals surface area contributed by atoms with Crippen molar-refractivity contribution in [3.05, 3.63) is 29.1 Å². The van der Waals surface area contributed by atoms with E-state index in [2.05, 4.69) is 22.5 Å². The quantitative estimate of drug-likeness (QED) is 0.800. The molecule has 1 aliphatic heterocycles. The van der Waals surface area contributed by atoms with Crippen molar-refractivity contribution in [3.63, 3.8) is 0 Å². The number of hydrogen-bond acceptors (Lipinski definition) is 5. The van der Waals surface area contributed by atoms with Gasteiger partial charge in [0.05, 0.1) is 12.8 Å². The van der Waals surface area contributed by atoms with Crippen LogP contribution >= 0.6 is 11.3 Å². The molecule has 1 unspecified atom stereocenters. The van der Waals surface area contributed by atoms with E-state index in [-0.39, 0.29) is 5.91 Å². The van der Waals surface area contributed by atoms with Crippen LogP contribution in [-0.4, -0.2) is 31.1 Å². The summed E-state index contributed by atoms with van der Waals surface area (Å²) < 4.78 is 5.20. The van der Waals surface area contributed by atoms with Crippen LogP contribution in [0.5, 0.6) is 5.75 Å². The third-order valence-corrected chi connectivity index (χ3v) is 5.99. The Morgan fingerprint density at radius 2 is 2.04 bits per heavy atom. The number of nitrogens with zero attached hydrogens (tertiary/aromatic N) is 1. The highest BCUT2D eigenvalue weighted by Crippen LogP contribution is 2.32. The maximum Gasteiger partial charge on any atom is 0.226 e. The lowest BCUT2D eigenvalue weighted by molar-refractivity contribution is -0.117. The van der Waals surface area contributed by atoms with E-state index in [9.17, 15) is 4.79 Å². The summed E-state index contributed by atoms with van der Waals surface area (Å²) in [6.07, 6.45) is 2.88. The molecule has 1 aromatic carbocycles. The lowest BCUT2D eigenvalue weighted by Crippen LogP contribution is -2.32. The number of methoxy groups -OCH3 is 1. The summed E-state index contributed by atoms with van der Waals surface area (Å²) in [5.74, 6) is 1.92. The molecule has 26 heavy (non-hydrogen) atoms. The van der Waals surface area contributed by atoms with Crippen molar-refractivity contribution >= 4 is 22.4 Å². The first kappa shape index (κ1) is 18.9. The molecule has 0 saturated carbocycles.